The summed E-state index contributed by atoms with van der Waals surface area (Å²) < 4.78 is 49.5. The Labute approximate surface area is 375 Å². The summed E-state index contributed by atoms with van der Waals surface area (Å²) in [5.41, 5.74) is 2.61. The van der Waals surface area contributed by atoms with Crippen LogP contribution in [0.25, 0.3) is 11.2 Å². The Morgan fingerprint density at radius 3 is 1.98 bits per heavy atom. The second-order valence-electron chi connectivity index (χ2n) is 15.6. The highest BCUT2D eigenvalue weighted by Crippen LogP contribution is 2.51. The lowest BCUT2D eigenvalue weighted by atomic mass is 9.80. The summed E-state index contributed by atoms with van der Waals surface area (Å²) >= 11 is 0. The summed E-state index contributed by atoms with van der Waals surface area (Å²) in [6.07, 6.45) is -0.0342. The summed E-state index contributed by atoms with van der Waals surface area (Å²) in [7, 11) is 3.10. The van der Waals surface area contributed by atoms with Gasteiger partial charge in [0.15, 0.2) is 23.2 Å². The molecule has 0 radical (unpaired) electrons. The maximum absolute atomic E-state index is 13.3. The molecule has 64 heavy (non-hydrogen) atoms. The van der Waals surface area contributed by atoms with Gasteiger partial charge in [0.25, 0.3) is 14.4 Å². The van der Waals surface area contributed by atoms with E-state index in [-0.39, 0.29) is 43.4 Å². The number of methoxy groups -OCH3 is 3. The zero-order chi connectivity index (χ0) is 45.2. The lowest BCUT2D eigenvalue weighted by molar-refractivity contribution is -0.0938. The van der Waals surface area contributed by atoms with E-state index in [1.165, 1.54) is 6.33 Å². The monoisotopic (exact) mass is 887 g/mol. The van der Waals surface area contributed by atoms with Gasteiger partial charge in [-0.3, -0.25) is 9.36 Å². The van der Waals surface area contributed by atoms with E-state index >= 15 is 0 Å². The second-order valence-corrected chi connectivity index (χ2v) is 17.0. The molecule has 0 bridgehead atoms. The molecule has 15 nitrogen and oxygen atoms in total. The van der Waals surface area contributed by atoms with E-state index in [9.17, 15) is 10.1 Å². The lowest BCUT2D eigenvalue weighted by Crippen LogP contribution is -2.42. The van der Waals surface area contributed by atoms with E-state index in [1.54, 1.807) is 56.5 Å². The molecule has 1 aliphatic heterocycles. The van der Waals surface area contributed by atoms with Crippen molar-refractivity contribution in [3.8, 4) is 17.6 Å². The van der Waals surface area contributed by atoms with Crippen LogP contribution in [0.15, 0.2) is 122 Å². The van der Waals surface area contributed by atoms with Crippen LogP contribution in [0.1, 0.15) is 67.4 Å². The van der Waals surface area contributed by atoms with Crippen molar-refractivity contribution >= 4 is 31.4 Å². The highest BCUT2D eigenvalue weighted by atomic mass is 31.2. The van der Waals surface area contributed by atoms with Gasteiger partial charge in [-0.15, -0.1) is 0 Å². The molecular formula is C48H54N7O8P. The van der Waals surface area contributed by atoms with Crippen LogP contribution < -0.4 is 14.8 Å². The van der Waals surface area contributed by atoms with Gasteiger partial charge in [-0.2, -0.15) is 5.26 Å². The molecule has 1 amide bonds. The highest BCUT2D eigenvalue weighted by Gasteiger charge is 2.51. The second kappa shape index (κ2) is 21.2. The molecule has 1 saturated heterocycles. The van der Waals surface area contributed by atoms with Crippen molar-refractivity contribution in [3.05, 3.63) is 144 Å². The van der Waals surface area contributed by atoms with Gasteiger partial charge >= 0.3 is 0 Å². The average Bonchev–Trinajstić information content (AvgIpc) is 3.91. The number of fused-ring (bicyclic) bond motifs is 1. The molecule has 0 spiro atoms. The van der Waals surface area contributed by atoms with Gasteiger partial charge in [0.05, 0.1) is 46.3 Å². The molecule has 0 saturated carbocycles. The number of nitrogens with one attached hydrogen (secondary N) is 1. The van der Waals surface area contributed by atoms with Gasteiger partial charge in [0.2, 0.25) is 0 Å². The SMILES string of the molecule is COc1ccc(C(OC[C@@H]2O[C@H](n3cnc4c(NC(=O)c5ccccc5)ncnc43)[C@@H](OC)[C@H]2OP(OCCC#N)N(C(C)C)C(C)C)(c2ccccc2)c2ccc(OC)cc2)cc1. The van der Waals surface area contributed by atoms with E-state index in [1.807, 2.05) is 84.9 Å². The number of nitrogens with zero attached hydrogens (tertiary/aromatic N) is 6. The minimum Gasteiger partial charge on any atom is -0.497 e. The Kier molecular flexibility index (Phi) is 15.3. The Morgan fingerprint density at radius 2 is 1.42 bits per heavy atom. The number of carbonyl (C=O) groups excluding carboxylic acids is 1. The fourth-order valence-electron chi connectivity index (χ4n) is 8.02. The number of ether oxygens (including phenoxy) is 5. The number of rotatable bonds is 20. The first-order valence-electron chi connectivity index (χ1n) is 21.1. The first-order chi connectivity index (χ1) is 31.1. The Morgan fingerprint density at radius 1 is 0.828 bits per heavy atom. The number of aromatic nitrogens is 4. The Balaban J connectivity index is 1.33. The summed E-state index contributed by atoms with van der Waals surface area (Å²) in [5, 5.41) is 12.4. The number of hydrogen-bond acceptors (Lipinski definition) is 13. The van der Waals surface area contributed by atoms with E-state index in [0.717, 1.165) is 16.7 Å². The van der Waals surface area contributed by atoms with Crippen molar-refractivity contribution in [2.75, 3.05) is 39.9 Å². The number of carbonyl (C=O) groups is 1. The zero-order valence-electron chi connectivity index (χ0n) is 37.0. The normalized spacial score (nSPS) is 18.1. The van der Waals surface area contributed by atoms with Gasteiger partial charge in [-0.05, 0) is 80.8 Å². The van der Waals surface area contributed by atoms with E-state index in [0.29, 0.717) is 28.2 Å². The molecule has 7 rings (SSSR count). The van der Waals surface area contributed by atoms with Gasteiger partial charge in [-0.1, -0.05) is 72.8 Å². The zero-order valence-corrected chi connectivity index (χ0v) is 37.9. The van der Waals surface area contributed by atoms with Crippen LogP contribution in [0.2, 0.25) is 0 Å². The molecule has 2 aromatic heterocycles. The van der Waals surface area contributed by atoms with Gasteiger partial charge in [0, 0.05) is 24.8 Å². The Hall–Kier alpha value is -5.82. The minimum atomic E-state index is -1.77. The van der Waals surface area contributed by atoms with Crippen LogP contribution in [0.3, 0.4) is 0 Å². The number of nitriles is 1. The van der Waals surface area contributed by atoms with Crippen LogP contribution in [0.5, 0.6) is 11.5 Å². The van der Waals surface area contributed by atoms with Crippen LogP contribution in [0, 0.1) is 11.3 Å². The number of amides is 1. The lowest BCUT2D eigenvalue weighted by Gasteiger charge is -2.39. The number of benzene rings is 4. The molecule has 1 aliphatic rings. The van der Waals surface area contributed by atoms with E-state index in [4.69, 9.17) is 32.7 Å². The molecule has 1 unspecified atom stereocenters. The summed E-state index contributed by atoms with van der Waals surface area (Å²) in [5.74, 6) is 1.29. The third-order valence-corrected chi connectivity index (χ3v) is 13.1. The van der Waals surface area contributed by atoms with Crippen molar-refractivity contribution in [2.45, 2.75) is 76.3 Å². The number of anilines is 1. The molecule has 16 heteroatoms. The molecule has 6 aromatic rings. The van der Waals surface area contributed by atoms with Crippen molar-refractivity contribution in [2.24, 2.45) is 0 Å². The minimum absolute atomic E-state index is 0.00129. The quantitative estimate of drug-likeness (QED) is 0.0440. The van der Waals surface area contributed by atoms with Gasteiger partial charge in [0.1, 0.15) is 41.7 Å². The molecule has 334 valence electrons. The number of imidazole rings is 1. The molecular weight excluding hydrogens is 834 g/mol. The van der Waals surface area contributed by atoms with Crippen LogP contribution in [0.4, 0.5) is 5.82 Å². The summed E-state index contributed by atoms with van der Waals surface area (Å²) in [4.78, 5) is 26.9. The third-order valence-electron chi connectivity index (χ3n) is 11.0. The molecule has 1 fully saturated rings. The molecule has 5 atom stereocenters. The van der Waals surface area contributed by atoms with Crippen LogP contribution in [-0.4, -0.2) is 95.0 Å². The van der Waals surface area contributed by atoms with Crippen molar-refractivity contribution in [3.63, 3.8) is 0 Å². The fraction of sp³-hybridized carbons (Fsp3) is 0.354. The molecule has 0 aliphatic carbocycles. The maximum Gasteiger partial charge on any atom is 0.259 e. The summed E-state index contributed by atoms with van der Waals surface area (Å²) in [6, 6.07) is 36.7. The van der Waals surface area contributed by atoms with Crippen molar-refractivity contribution in [1.29, 1.82) is 5.26 Å². The fourth-order valence-corrected chi connectivity index (χ4v) is 9.79. The first kappa shape index (κ1) is 46.2. The highest BCUT2D eigenvalue weighted by molar-refractivity contribution is 7.44. The third kappa shape index (κ3) is 9.79. The van der Waals surface area contributed by atoms with Crippen molar-refractivity contribution in [1.82, 2.24) is 24.2 Å². The maximum atomic E-state index is 13.3. The predicted octanol–water partition coefficient (Wildman–Crippen LogP) is 8.68. The van der Waals surface area contributed by atoms with Crippen LogP contribution in [-0.2, 0) is 28.9 Å². The first-order valence-corrected chi connectivity index (χ1v) is 22.2. The van der Waals surface area contributed by atoms with Gasteiger partial charge in [-0.25, -0.2) is 19.6 Å². The average molecular weight is 888 g/mol. The molecule has 3 heterocycles. The van der Waals surface area contributed by atoms with E-state index in [2.05, 4.69) is 58.7 Å². The van der Waals surface area contributed by atoms with Gasteiger partial charge < -0.3 is 38.0 Å². The standard InChI is InChI=1S/C48H54N7O8P/c1-32(2)55(33(3)4)64(61-28-14-27-49)63-42-40(62-47(43(42)59-7)54-31-52-41-44(50-30-51-45(41)54)53-46(56)34-15-10-8-11-16-34)29-60-48(35-17-12-9-13-18-35,36-19-23-38(57-5)24-20-36)37-21-25-39(58-6)26-22-37/h8-13,15-26,30-33,40,42-43,47H,14,28-29H2,1-7H3,(H,50,51,53,56)/t40-,42-,43-,47-,64?/m0/s1. The van der Waals surface area contributed by atoms with Crippen LogP contribution >= 0.6 is 8.53 Å². The predicted molar refractivity (Wildman–Crippen MR) is 243 cm³/mol. The number of hydrogen-bond donors (Lipinski definition) is 1. The molecule has 4 aromatic carbocycles. The summed E-state index contributed by atoms with van der Waals surface area (Å²) in [6.45, 7) is 8.49. The largest absolute Gasteiger partial charge is 0.497 e. The van der Waals surface area contributed by atoms with Crippen molar-refractivity contribution < 1.29 is 37.5 Å². The smallest absolute Gasteiger partial charge is 0.259 e. The Bertz CT molecular complexity index is 2410. The molecule has 1 N–H and O–H groups in total. The topological polar surface area (TPSA) is 164 Å². The van der Waals surface area contributed by atoms with E-state index < -0.39 is 38.7 Å².